The number of carbonyl (C=O) groups is 1. The summed E-state index contributed by atoms with van der Waals surface area (Å²) in [7, 11) is 1.84. The van der Waals surface area contributed by atoms with Gasteiger partial charge in [0, 0.05) is 26.0 Å². The average molecular weight is 304 g/mol. The van der Waals surface area contributed by atoms with Gasteiger partial charge < -0.3 is 15.2 Å². The van der Waals surface area contributed by atoms with E-state index in [-0.39, 0.29) is 11.8 Å². The van der Waals surface area contributed by atoms with Crippen LogP contribution < -0.4 is 10.6 Å². The van der Waals surface area contributed by atoms with Crippen molar-refractivity contribution in [1.29, 1.82) is 0 Å². The smallest absolute Gasteiger partial charge is 0.315 e. The summed E-state index contributed by atoms with van der Waals surface area (Å²) in [5, 5.41) is 5.66. The van der Waals surface area contributed by atoms with Crippen molar-refractivity contribution >= 4 is 6.03 Å². The van der Waals surface area contributed by atoms with Crippen LogP contribution in [-0.4, -0.2) is 22.1 Å². The highest BCUT2D eigenvalue weighted by atomic mass is 19.1. The Morgan fingerprint density at radius 1 is 1.45 bits per heavy atom. The summed E-state index contributed by atoms with van der Waals surface area (Å²) in [4.78, 5) is 16.3. The van der Waals surface area contributed by atoms with E-state index < -0.39 is 6.04 Å². The zero-order valence-corrected chi connectivity index (χ0v) is 12.8. The fraction of sp³-hybridized carbons (Fsp3) is 0.375. The van der Waals surface area contributed by atoms with Gasteiger partial charge in [-0.05, 0) is 24.1 Å². The highest BCUT2D eigenvalue weighted by Crippen LogP contribution is 2.21. The van der Waals surface area contributed by atoms with Gasteiger partial charge in [0.1, 0.15) is 17.7 Å². The van der Waals surface area contributed by atoms with Crippen molar-refractivity contribution in [3.05, 3.63) is 53.9 Å². The maximum Gasteiger partial charge on any atom is 0.315 e. The van der Waals surface area contributed by atoms with E-state index >= 15 is 0 Å². The summed E-state index contributed by atoms with van der Waals surface area (Å²) in [6.07, 6.45) is 5.37. The number of nitrogens with zero attached hydrogens (tertiary/aromatic N) is 2. The number of urea groups is 1. The lowest BCUT2D eigenvalue weighted by atomic mass is 10.1. The largest absolute Gasteiger partial charge is 0.338 e. The molecule has 0 saturated heterocycles. The second-order valence-electron chi connectivity index (χ2n) is 5.14. The molecule has 0 aliphatic rings. The van der Waals surface area contributed by atoms with Crippen molar-refractivity contribution in [1.82, 2.24) is 20.2 Å². The molecule has 1 aromatic carbocycles. The molecule has 0 radical (unpaired) electrons. The molecule has 6 heteroatoms. The number of amides is 2. The molecule has 5 nitrogen and oxygen atoms in total. The lowest BCUT2D eigenvalue weighted by Crippen LogP contribution is -2.39. The van der Waals surface area contributed by atoms with Gasteiger partial charge in [-0.1, -0.05) is 25.5 Å². The van der Waals surface area contributed by atoms with Crippen LogP contribution >= 0.6 is 0 Å². The number of halogens is 1. The summed E-state index contributed by atoms with van der Waals surface area (Å²) >= 11 is 0. The van der Waals surface area contributed by atoms with E-state index in [1.807, 2.05) is 11.6 Å². The van der Waals surface area contributed by atoms with Crippen LogP contribution in [0.3, 0.4) is 0 Å². The van der Waals surface area contributed by atoms with E-state index in [1.165, 1.54) is 12.1 Å². The van der Waals surface area contributed by atoms with Crippen molar-refractivity contribution in [2.45, 2.75) is 25.8 Å². The lowest BCUT2D eigenvalue weighted by molar-refractivity contribution is 0.238. The van der Waals surface area contributed by atoms with Gasteiger partial charge in [-0.25, -0.2) is 14.2 Å². The van der Waals surface area contributed by atoms with Gasteiger partial charge in [-0.2, -0.15) is 0 Å². The second kappa shape index (κ2) is 7.59. The number of imidazole rings is 1. The number of hydrogen-bond donors (Lipinski definition) is 2. The average Bonchev–Trinajstić information content (AvgIpc) is 2.91. The molecular formula is C16H21FN4O. The van der Waals surface area contributed by atoms with Crippen LogP contribution in [-0.2, 0) is 7.05 Å². The van der Waals surface area contributed by atoms with E-state index in [2.05, 4.69) is 22.5 Å². The predicted molar refractivity (Wildman–Crippen MR) is 82.9 cm³/mol. The lowest BCUT2D eigenvalue weighted by Gasteiger charge is -2.19. The highest BCUT2D eigenvalue weighted by molar-refractivity contribution is 5.74. The van der Waals surface area contributed by atoms with Crippen LogP contribution in [0.2, 0.25) is 0 Å². The number of unbranched alkanes of at least 4 members (excludes halogenated alkanes) is 1. The fourth-order valence-corrected chi connectivity index (χ4v) is 2.20. The minimum atomic E-state index is -0.502. The molecule has 0 saturated carbocycles. The number of rotatable bonds is 6. The first-order valence-electron chi connectivity index (χ1n) is 7.39. The van der Waals surface area contributed by atoms with Crippen LogP contribution in [0.1, 0.15) is 37.2 Å². The molecule has 0 spiro atoms. The maximum atomic E-state index is 13.5. The molecule has 0 aliphatic carbocycles. The van der Waals surface area contributed by atoms with Gasteiger partial charge in [0.15, 0.2) is 0 Å². The SMILES string of the molecule is CCCCNC(=O)NC(c1cccc(F)c1)c1nccn1C. The number of aromatic nitrogens is 2. The van der Waals surface area contributed by atoms with Gasteiger partial charge in [-0.15, -0.1) is 0 Å². The topological polar surface area (TPSA) is 59.0 Å². The first kappa shape index (κ1) is 16.0. The quantitative estimate of drug-likeness (QED) is 0.806. The van der Waals surface area contributed by atoms with E-state index in [4.69, 9.17) is 0 Å². The number of carbonyl (C=O) groups excluding carboxylic acids is 1. The third kappa shape index (κ3) is 4.07. The predicted octanol–water partition coefficient (Wildman–Crippen LogP) is 2.75. The number of aryl methyl sites for hydroxylation is 1. The second-order valence-corrected chi connectivity index (χ2v) is 5.14. The molecule has 2 rings (SSSR count). The number of nitrogens with one attached hydrogen (secondary N) is 2. The number of hydrogen-bond acceptors (Lipinski definition) is 2. The van der Waals surface area contributed by atoms with E-state index in [9.17, 15) is 9.18 Å². The minimum absolute atomic E-state index is 0.286. The molecule has 1 unspecified atom stereocenters. The van der Waals surface area contributed by atoms with Gasteiger partial charge in [0.25, 0.3) is 0 Å². The third-order valence-electron chi connectivity index (χ3n) is 3.39. The van der Waals surface area contributed by atoms with Crippen molar-refractivity contribution in [3.8, 4) is 0 Å². The van der Waals surface area contributed by atoms with Crippen molar-refractivity contribution in [2.24, 2.45) is 7.05 Å². The van der Waals surface area contributed by atoms with Gasteiger partial charge >= 0.3 is 6.03 Å². The third-order valence-corrected chi connectivity index (χ3v) is 3.39. The molecule has 2 N–H and O–H groups in total. The molecule has 1 heterocycles. The normalized spacial score (nSPS) is 12.0. The fourth-order valence-electron chi connectivity index (χ4n) is 2.20. The van der Waals surface area contributed by atoms with Crippen LogP contribution in [0.25, 0.3) is 0 Å². The Morgan fingerprint density at radius 3 is 2.91 bits per heavy atom. The van der Waals surface area contributed by atoms with Gasteiger partial charge in [-0.3, -0.25) is 0 Å². The van der Waals surface area contributed by atoms with Gasteiger partial charge in [0.05, 0.1) is 0 Å². The van der Waals surface area contributed by atoms with E-state index in [0.717, 1.165) is 12.8 Å². The van der Waals surface area contributed by atoms with Crippen molar-refractivity contribution in [2.75, 3.05) is 6.54 Å². The Bertz CT molecular complexity index is 626. The first-order valence-corrected chi connectivity index (χ1v) is 7.39. The first-order chi connectivity index (χ1) is 10.6. The molecule has 0 fully saturated rings. The molecule has 0 aliphatic heterocycles. The molecule has 118 valence electrons. The zero-order chi connectivity index (χ0) is 15.9. The molecular weight excluding hydrogens is 283 g/mol. The summed E-state index contributed by atoms with van der Waals surface area (Å²) in [6.45, 7) is 2.67. The molecule has 22 heavy (non-hydrogen) atoms. The Kier molecular flexibility index (Phi) is 5.52. The summed E-state index contributed by atoms with van der Waals surface area (Å²) in [5.74, 6) is 0.307. The molecule has 0 bridgehead atoms. The summed E-state index contributed by atoms with van der Waals surface area (Å²) in [5.41, 5.74) is 0.653. The molecule has 1 aromatic heterocycles. The van der Waals surface area contributed by atoms with Crippen LogP contribution in [0, 0.1) is 5.82 Å². The summed E-state index contributed by atoms with van der Waals surface area (Å²) in [6, 6.07) is 5.39. The number of benzene rings is 1. The Labute approximate surface area is 129 Å². The van der Waals surface area contributed by atoms with Crippen LogP contribution in [0.5, 0.6) is 0 Å². The Balaban J connectivity index is 2.19. The monoisotopic (exact) mass is 304 g/mol. The van der Waals surface area contributed by atoms with Crippen LogP contribution in [0.4, 0.5) is 9.18 Å². The molecule has 1 atom stereocenters. The molecule has 2 aromatic rings. The zero-order valence-electron chi connectivity index (χ0n) is 12.8. The van der Waals surface area contributed by atoms with Crippen molar-refractivity contribution in [3.63, 3.8) is 0 Å². The van der Waals surface area contributed by atoms with Crippen molar-refractivity contribution < 1.29 is 9.18 Å². The highest BCUT2D eigenvalue weighted by Gasteiger charge is 2.20. The van der Waals surface area contributed by atoms with Gasteiger partial charge in [0.2, 0.25) is 0 Å². The molecule has 2 amide bonds. The standard InChI is InChI=1S/C16H21FN4O/c1-3-4-8-19-16(22)20-14(15-18-9-10-21(15)2)12-6-5-7-13(17)11-12/h5-7,9-11,14H,3-4,8H2,1-2H3,(H2,19,20,22). The summed E-state index contributed by atoms with van der Waals surface area (Å²) < 4.78 is 15.3. The van der Waals surface area contributed by atoms with E-state index in [1.54, 1.807) is 24.5 Å². The Morgan fingerprint density at radius 2 is 2.27 bits per heavy atom. The minimum Gasteiger partial charge on any atom is -0.338 e. The maximum absolute atomic E-state index is 13.5. The van der Waals surface area contributed by atoms with Crippen LogP contribution in [0.15, 0.2) is 36.7 Å². The Hall–Kier alpha value is -2.37. The van der Waals surface area contributed by atoms with E-state index in [0.29, 0.717) is 17.9 Å².